The van der Waals surface area contributed by atoms with Crippen LogP contribution in [0.3, 0.4) is 0 Å². The Morgan fingerprint density at radius 2 is 2.17 bits per heavy atom. The van der Waals surface area contributed by atoms with Crippen molar-refractivity contribution in [2.75, 3.05) is 18.5 Å². The molecule has 0 radical (unpaired) electrons. The molecule has 0 bridgehead atoms. The monoisotopic (exact) mass is 234 g/mol. The highest BCUT2D eigenvalue weighted by molar-refractivity contribution is 9.09. The van der Waals surface area contributed by atoms with Crippen LogP contribution >= 0.6 is 15.9 Å². The van der Waals surface area contributed by atoms with Gasteiger partial charge in [-0.05, 0) is 25.2 Å². The van der Waals surface area contributed by atoms with Crippen LogP contribution in [-0.2, 0) is 4.74 Å². The molecule has 0 aliphatic heterocycles. The Morgan fingerprint density at radius 1 is 1.42 bits per heavy atom. The molecule has 0 aromatic heterocycles. The summed E-state index contributed by atoms with van der Waals surface area (Å²) in [6, 6.07) is 0. The zero-order valence-corrected chi connectivity index (χ0v) is 9.48. The smallest absolute Gasteiger partial charge is 0.0500 e. The molecule has 1 nitrogen and oxygen atoms in total. The number of halogens is 1. The van der Waals surface area contributed by atoms with Crippen molar-refractivity contribution in [2.24, 2.45) is 5.92 Å². The molecule has 72 valence electrons. The Labute approximate surface area is 84.3 Å². The van der Waals surface area contributed by atoms with Crippen LogP contribution in [-0.4, -0.2) is 18.5 Å². The Hall–Kier alpha value is 0.180. The van der Waals surface area contributed by atoms with Gasteiger partial charge in [0.05, 0.1) is 0 Å². The van der Waals surface area contributed by atoms with Crippen molar-refractivity contribution in [1.29, 1.82) is 0 Å². The molecule has 0 saturated heterocycles. The van der Waals surface area contributed by atoms with Crippen molar-refractivity contribution in [3.8, 4) is 0 Å². The van der Waals surface area contributed by atoms with Crippen LogP contribution in [0.4, 0.5) is 0 Å². The minimum Gasteiger partial charge on any atom is -0.381 e. The molecule has 0 rings (SSSR count). The highest BCUT2D eigenvalue weighted by Crippen LogP contribution is 2.08. The molecule has 0 spiro atoms. The van der Waals surface area contributed by atoms with Crippen LogP contribution in [0.25, 0.3) is 0 Å². The van der Waals surface area contributed by atoms with Gasteiger partial charge in [-0.15, -0.1) is 6.58 Å². The molecule has 1 unspecified atom stereocenters. The number of hydrogen-bond donors (Lipinski definition) is 0. The first kappa shape index (κ1) is 12.2. The number of hydrogen-bond acceptors (Lipinski definition) is 1. The maximum atomic E-state index is 5.40. The van der Waals surface area contributed by atoms with E-state index in [-0.39, 0.29) is 0 Å². The minimum atomic E-state index is 0.771. The quantitative estimate of drug-likeness (QED) is 0.356. The van der Waals surface area contributed by atoms with E-state index in [0.717, 1.165) is 30.9 Å². The van der Waals surface area contributed by atoms with Gasteiger partial charge in [0.1, 0.15) is 0 Å². The van der Waals surface area contributed by atoms with Crippen molar-refractivity contribution >= 4 is 15.9 Å². The standard InChI is InChI=1S/C10H19BrO/c1-3-4-8-12-9-6-10(2)5-7-11/h3,10H,1,4-9H2,2H3. The topological polar surface area (TPSA) is 9.23 Å². The van der Waals surface area contributed by atoms with Crippen LogP contribution in [0.1, 0.15) is 26.2 Å². The van der Waals surface area contributed by atoms with E-state index in [4.69, 9.17) is 4.74 Å². The van der Waals surface area contributed by atoms with E-state index in [0.29, 0.717) is 0 Å². The molecule has 0 aromatic rings. The molecule has 12 heavy (non-hydrogen) atoms. The second-order valence-corrected chi connectivity index (χ2v) is 3.85. The summed E-state index contributed by atoms with van der Waals surface area (Å²) in [7, 11) is 0. The number of alkyl halides is 1. The molecule has 1 atom stereocenters. The molecule has 0 saturated carbocycles. The van der Waals surface area contributed by atoms with Crippen molar-refractivity contribution in [3.63, 3.8) is 0 Å². The van der Waals surface area contributed by atoms with Crippen molar-refractivity contribution < 1.29 is 4.74 Å². The Morgan fingerprint density at radius 3 is 2.75 bits per heavy atom. The van der Waals surface area contributed by atoms with Gasteiger partial charge in [-0.3, -0.25) is 0 Å². The highest BCUT2D eigenvalue weighted by atomic mass is 79.9. The van der Waals surface area contributed by atoms with Crippen LogP contribution < -0.4 is 0 Å². The van der Waals surface area contributed by atoms with Gasteiger partial charge in [0.25, 0.3) is 0 Å². The fraction of sp³-hybridized carbons (Fsp3) is 0.800. The van der Waals surface area contributed by atoms with E-state index in [9.17, 15) is 0 Å². The van der Waals surface area contributed by atoms with E-state index in [1.807, 2.05) is 6.08 Å². The predicted molar refractivity (Wildman–Crippen MR) is 57.8 cm³/mol. The molecule has 0 fully saturated rings. The SMILES string of the molecule is C=CCCOCCC(C)CCBr. The third-order valence-electron chi connectivity index (χ3n) is 1.82. The van der Waals surface area contributed by atoms with Gasteiger partial charge in [0.15, 0.2) is 0 Å². The van der Waals surface area contributed by atoms with Crippen LogP contribution in [0.15, 0.2) is 12.7 Å². The van der Waals surface area contributed by atoms with Gasteiger partial charge >= 0.3 is 0 Å². The predicted octanol–water partition coefficient (Wildman–Crippen LogP) is 3.39. The van der Waals surface area contributed by atoms with E-state index in [1.165, 1.54) is 12.8 Å². The normalized spacial score (nSPS) is 12.8. The molecule has 0 N–H and O–H groups in total. The van der Waals surface area contributed by atoms with Crippen molar-refractivity contribution in [1.82, 2.24) is 0 Å². The minimum absolute atomic E-state index is 0.771. The van der Waals surface area contributed by atoms with Crippen LogP contribution in [0.2, 0.25) is 0 Å². The average molecular weight is 235 g/mol. The van der Waals surface area contributed by atoms with Crippen molar-refractivity contribution in [3.05, 3.63) is 12.7 Å². The summed E-state index contributed by atoms with van der Waals surface area (Å²) in [5, 5.41) is 1.10. The molecular weight excluding hydrogens is 216 g/mol. The van der Waals surface area contributed by atoms with E-state index >= 15 is 0 Å². The summed E-state index contributed by atoms with van der Waals surface area (Å²) in [4.78, 5) is 0. The Bertz CT molecular complexity index is 104. The van der Waals surface area contributed by atoms with E-state index in [1.54, 1.807) is 0 Å². The van der Waals surface area contributed by atoms with Gasteiger partial charge in [0.2, 0.25) is 0 Å². The summed E-state index contributed by atoms with van der Waals surface area (Å²) < 4.78 is 5.40. The van der Waals surface area contributed by atoms with Gasteiger partial charge in [0, 0.05) is 18.5 Å². The number of rotatable bonds is 8. The average Bonchev–Trinajstić information content (AvgIpc) is 2.05. The van der Waals surface area contributed by atoms with Crippen LogP contribution in [0.5, 0.6) is 0 Å². The lowest BCUT2D eigenvalue weighted by Gasteiger charge is -2.08. The van der Waals surface area contributed by atoms with Gasteiger partial charge < -0.3 is 4.74 Å². The number of ether oxygens (including phenoxy) is 1. The maximum Gasteiger partial charge on any atom is 0.0500 e. The first-order chi connectivity index (χ1) is 5.81. The lowest BCUT2D eigenvalue weighted by molar-refractivity contribution is 0.125. The third-order valence-corrected chi connectivity index (χ3v) is 2.28. The molecule has 2 heteroatoms. The van der Waals surface area contributed by atoms with E-state index < -0.39 is 0 Å². The molecule has 0 aromatic carbocycles. The van der Waals surface area contributed by atoms with Gasteiger partial charge in [-0.2, -0.15) is 0 Å². The zero-order valence-electron chi connectivity index (χ0n) is 7.89. The fourth-order valence-electron chi connectivity index (χ4n) is 0.884. The van der Waals surface area contributed by atoms with Gasteiger partial charge in [-0.25, -0.2) is 0 Å². The molecule has 0 heterocycles. The summed E-state index contributed by atoms with van der Waals surface area (Å²) >= 11 is 3.43. The zero-order chi connectivity index (χ0) is 9.23. The molecule has 0 amide bonds. The maximum absolute atomic E-state index is 5.40. The molecule has 0 aliphatic carbocycles. The first-order valence-corrected chi connectivity index (χ1v) is 5.68. The summed E-state index contributed by atoms with van der Waals surface area (Å²) in [5.74, 6) is 0.771. The third kappa shape index (κ3) is 8.28. The lowest BCUT2D eigenvalue weighted by atomic mass is 10.1. The van der Waals surface area contributed by atoms with Crippen molar-refractivity contribution in [2.45, 2.75) is 26.2 Å². The molecule has 0 aliphatic rings. The lowest BCUT2D eigenvalue weighted by Crippen LogP contribution is -2.03. The van der Waals surface area contributed by atoms with Crippen LogP contribution in [0, 0.1) is 5.92 Å². The second-order valence-electron chi connectivity index (χ2n) is 3.06. The fourth-order valence-corrected chi connectivity index (χ4v) is 1.67. The largest absolute Gasteiger partial charge is 0.381 e. The summed E-state index contributed by atoms with van der Waals surface area (Å²) in [5.41, 5.74) is 0. The Kier molecular flexibility index (Phi) is 9.41. The second kappa shape index (κ2) is 9.27. The summed E-state index contributed by atoms with van der Waals surface area (Å²) in [6.45, 7) is 7.61. The highest BCUT2D eigenvalue weighted by Gasteiger charge is 1.99. The summed E-state index contributed by atoms with van der Waals surface area (Å²) in [6.07, 6.45) is 5.27. The Balaban J connectivity index is 3.02. The molecular formula is C10H19BrO. The first-order valence-electron chi connectivity index (χ1n) is 4.55. The van der Waals surface area contributed by atoms with E-state index in [2.05, 4.69) is 29.4 Å². The van der Waals surface area contributed by atoms with Gasteiger partial charge in [-0.1, -0.05) is 28.9 Å².